The van der Waals surface area contributed by atoms with E-state index >= 15 is 0 Å². The molecule has 1 saturated heterocycles. The van der Waals surface area contributed by atoms with E-state index in [4.69, 9.17) is 4.74 Å². The fourth-order valence-electron chi connectivity index (χ4n) is 4.47. The number of Topliss-reactive ketones (excluding diaryl/α,β-unsaturated/α-hetero) is 1. The van der Waals surface area contributed by atoms with E-state index in [1.54, 1.807) is 18.1 Å². The standard InChI is InChI=1S/C24H27NO3/c1-5-15-24(19-9-7-6-8-10-19)21(17(2)3)25(23(27)22(24)26)16-18-11-13-20(28-4)14-12-18/h5-14,17,21H,1,15-16H2,2-4H3/t21-,24+/m0/s1. The van der Waals surface area contributed by atoms with E-state index in [0.29, 0.717) is 13.0 Å². The van der Waals surface area contributed by atoms with Gasteiger partial charge in [-0.25, -0.2) is 0 Å². The Labute approximate surface area is 166 Å². The summed E-state index contributed by atoms with van der Waals surface area (Å²) < 4.78 is 5.21. The molecule has 0 unspecified atom stereocenters. The van der Waals surface area contributed by atoms with Gasteiger partial charge in [0.05, 0.1) is 18.6 Å². The van der Waals surface area contributed by atoms with E-state index in [1.165, 1.54) is 0 Å². The van der Waals surface area contributed by atoms with Crippen molar-refractivity contribution in [2.75, 3.05) is 7.11 Å². The fourth-order valence-corrected chi connectivity index (χ4v) is 4.47. The monoisotopic (exact) mass is 377 g/mol. The number of allylic oxidation sites excluding steroid dienone is 1. The lowest BCUT2D eigenvalue weighted by Gasteiger charge is -2.39. The smallest absolute Gasteiger partial charge is 0.291 e. The molecule has 1 fully saturated rings. The molecular weight excluding hydrogens is 350 g/mol. The van der Waals surface area contributed by atoms with Gasteiger partial charge in [-0.05, 0) is 35.6 Å². The van der Waals surface area contributed by atoms with Crippen LogP contribution in [0.3, 0.4) is 0 Å². The Hall–Kier alpha value is -2.88. The van der Waals surface area contributed by atoms with Gasteiger partial charge in [-0.15, -0.1) is 6.58 Å². The fraction of sp³-hybridized carbons (Fsp3) is 0.333. The number of likely N-dealkylation sites (tertiary alicyclic amines) is 1. The topological polar surface area (TPSA) is 46.6 Å². The van der Waals surface area contributed by atoms with Crippen LogP contribution in [0.5, 0.6) is 5.75 Å². The van der Waals surface area contributed by atoms with Crippen LogP contribution in [0.4, 0.5) is 0 Å². The minimum atomic E-state index is -0.902. The van der Waals surface area contributed by atoms with Gasteiger partial charge >= 0.3 is 0 Å². The summed E-state index contributed by atoms with van der Waals surface area (Å²) >= 11 is 0. The molecule has 146 valence electrons. The molecule has 0 saturated carbocycles. The molecule has 1 aliphatic rings. The molecule has 3 rings (SSSR count). The highest BCUT2D eigenvalue weighted by Crippen LogP contribution is 2.45. The zero-order chi connectivity index (χ0) is 20.3. The number of methoxy groups -OCH3 is 1. The summed E-state index contributed by atoms with van der Waals surface area (Å²) in [4.78, 5) is 28.2. The summed E-state index contributed by atoms with van der Waals surface area (Å²) in [6, 6.07) is 17.0. The van der Waals surface area contributed by atoms with Crippen molar-refractivity contribution in [3.63, 3.8) is 0 Å². The number of amides is 1. The number of hydrogen-bond acceptors (Lipinski definition) is 3. The molecule has 0 spiro atoms. The quantitative estimate of drug-likeness (QED) is 0.538. The molecule has 1 amide bonds. The van der Waals surface area contributed by atoms with Gasteiger partial charge in [-0.2, -0.15) is 0 Å². The highest BCUT2D eigenvalue weighted by atomic mass is 16.5. The van der Waals surface area contributed by atoms with Crippen LogP contribution in [0.1, 0.15) is 31.4 Å². The van der Waals surface area contributed by atoms with Gasteiger partial charge in [-0.1, -0.05) is 62.4 Å². The number of carbonyl (C=O) groups excluding carboxylic acids is 2. The third kappa shape index (κ3) is 3.24. The van der Waals surface area contributed by atoms with Crippen molar-refractivity contribution < 1.29 is 14.3 Å². The largest absolute Gasteiger partial charge is 0.497 e. The first-order valence-electron chi connectivity index (χ1n) is 9.60. The number of ketones is 1. The lowest BCUT2D eigenvalue weighted by Crippen LogP contribution is -2.48. The van der Waals surface area contributed by atoms with Crippen molar-refractivity contribution >= 4 is 11.7 Å². The first-order valence-corrected chi connectivity index (χ1v) is 9.60. The van der Waals surface area contributed by atoms with E-state index in [-0.39, 0.29) is 17.7 Å². The normalized spacial score (nSPS) is 22.0. The van der Waals surface area contributed by atoms with Crippen LogP contribution in [-0.4, -0.2) is 29.7 Å². The minimum absolute atomic E-state index is 0.105. The van der Waals surface area contributed by atoms with Gasteiger partial charge in [0.1, 0.15) is 5.75 Å². The molecule has 4 heteroatoms. The van der Waals surface area contributed by atoms with Crippen molar-refractivity contribution in [2.45, 2.75) is 38.3 Å². The molecule has 28 heavy (non-hydrogen) atoms. The van der Waals surface area contributed by atoms with Crippen LogP contribution in [0.2, 0.25) is 0 Å². The van der Waals surface area contributed by atoms with E-state index in [1.807, 2.05) is 54.6 Å². The zero-order valence-electron chi connectivity index (χ0n) is 16.7. The molecule has 0 N–H and O–H groups in total. The maximum atomic E-state index is 13.4. The van der Waals surface area contributed by atoms with Crippen LogP contribution in [0.15, 0.2) is 67.3 Å². The van der Waals surface area contributed by atoms with E-state index in [2.05, 4.69) is 20.4 Å². The zero-order valence-corrected chi connectivity index (χ0v) is 16.7. The van der Waals surface area contributed by atoms with Crippen molar-refractivity contribution in [1.29, 1.82) is 0 Å². The number of benzene rings is 2. The second kappa shape index (κ2) is 8.01. The Bertz CT molecular complexity index is 857. The average molecular weight is 377 g/mol. The highest BCUT2D eigenvalue weighted by Gasteiger charge is 2.59. The molecule has 2 atom stereocenters. The maximum Gasteiger partial charge on any atom is 0.291 e. The van der Waals surface area contributed by atoms with Gasteiger partial charge in [0.15, 0.2) is 0 Å². The molecule has 4 nitrogen and oxygen atoms in total. The Balaban J connectivity index is 2.07. The molecule has 1 heterocycles. The van der Waals surface area contributed by atoms with Crippen LogP contribution < -0.4 is 4.74 Å². The molecule has 2 aromatic rings. The Morgan fingerprint density at radius 1 is 1.11 bits per heavy atom. The number of rotatable bonds is 7. The summed E-state index contributed by atoms with van der Waals surface area (Å²) in [7, 11) is 1.62. The SMILES string of the molecule is C=CC[C@]1(c2ccccc2)C(=O)C(=O)N(Cc2ccc(OC)cc2)[C@H]1C(C)C. The molecule has 0 aromatic heterocycles. The van der Waals surface area contributed by atoms with Crippen LogP contribution >= 0.6 is 0 Å². The molecule has 0 bridgehead atoms. The third-order valence-electron chi connectivity index (χ3n) is 5.60. The van der Waals surface area contributed by atoms with Crippen LogP contribution in [0, 0.1) is 5.92 Å². The lowest BCUT2D eigenvalue weighted by atomic mass is 9.67. The minimum Gasteiger partial charge on any atom is -0.497 e. The lowest BCUT2D eigenvalue weighted by molar-refractivity contribution is -0.141. The van der Waals surface area contributed by atoms with Gasteiger partial charge < -0.3 is 9.64 Å². The van der Waals surface area contributed by atoms with Crippen LogP contribution in [0.25, 0.3) is 0 Å². The summed E-state index contributed by atoms with van der Waals surface area (Å²) in [5, 5.41) is 0. The molecule has 0 aliphatic carbocycles. The molecule has 2 aromatic carbocycles. The van der Waals surface area contributed by atoms with E-state index in [0.717, 1.165) is 16.9 Å². The number of nitrogens with zero attached hydrogens (tertiary/aromatic N) is 1. The predicted octanol–water partition coefficient (Wildman–Crippen LogP) is 4.15. The van der Waals surface area contributed by atoms with E-state index < -0.39 is 11.3 Å². The van der Waals surface area contributed by atoms with Crippen molar-refractivity contribution in [1.82, 2.24) is 4.90 Å². The first-order chi connectivity index (χ1) is 13.5. The molecule has 1 aliphatic heterocycles. The molecule has 0 radical (unpaired) electrons. The number of hydrogen-bond donors (Lipinski definition) is 0. The highest BCUT2D eigenvalue weighted by molar-refractivity contribution is 6.42. The van der Waals surface area contributed by atoms with Gasteiger partial charge in [0, 0.05) is 6.54 Å². The van der Waals surface area contributed by atoms with Gasteiger partial charge in [-0.3, -0.25) is 9.59 Å². The van der Waals surface area contributed by atoms with Crippen molar-refractivity contribution in [3.05, 3.63) is 78.4 Å². The summed E-state index contributed by atoms with van der Waals surface area (Å²) in [6.07, 6.45) is 2.19. The van der Waals surface area contributed by atoms with Crippen molar-refractivity contribution in [2.24, 2.45) is 5.92 Å². The average Bonchev–Trinajstić information content (AvgIpc) is 2.92. The molecular formula is C24H27NO3. The number of carbonyl (C=O) groups is 2. The third-order valence-corrected chi connectivity index (χ3v) is 5.60. The van der Waals surface area contributed by atoms with Crippen LogP contribution in [-0.2, 0) is 21.5 Å². The summed E-state index contributed by atoms with van der Waals surface area (Å²) in [5.41, 5.74) is 0.944. The second-order valence-corrected chi connectivity index (χ2v) is 7.63. The summed E-state index contributed by atoms with van der Waals surface area (Å²) in [5.74, 6) is 0.109. The number of ether oxygens (including phenoxy) is 1. The van der Waals surface area contributed by atoms with E-state index in [9.17, 15) is 9.59 Å². The summed E-state index contributed by atoms with van der Waals surface area (Å²) in [6.45, 7) is 8.41. The van der Waals surface area contributed by atoms with Crippen molar-refractivity contribution in [3.8, 4) is 5.75 Å². The first kappa shape index (κ1) is 19.9. The van der Waals surface area contributed by atoms with Gasteiger partial charge in [0.2, 0.25) is 5.78 Å². The second-order valence-electron chi connectivity index (χ2n) is 7.63. The Morgan fingerprint density at radius 3 is 2.29 bits per heavy atom. The Morgan fingerprint density at radius 2 is 1.75 bits per heavy atom. The predicted molar refractivity (Wildman–Crippen MR) is 110 cm³/mol. The Kier molecular flexibility index (Phi) is 5.68. The van der Waals surface area contributed by atoms with Gasteiger partial charge in [0.25, 0.3) is 5.91 Å². The maximum absolute atomic E-state index is 13.4.